The van der Waals surface area contributed by atoms with Crippen molar-refractivity contribution in [2.75, 3.05) is 11.3 Å². The summed E-state index contributed by atoms with van der Waals surface area (Å²) in [4.78, 5) is 4.54. The van der Waals surface area contributed by atoms with E-state index in [1.165, 1.54) is 12.1 Å². The van der Waals surface area contributed by atoms with E-state index in [0.29, 0.717) is 17.5 Å². The molecule has 1 saturated carbocycles. The fourth-order valence-corrected chi connectivity index (χ4v) is 3.84. The van der Waals surface area contributed by atoms with Crippen molar-refractivity contribution in [2.45, 2.75) is 30.8 Å². The van der Waals surface area contributed by atoms with Gasteiger partial charge >= 0.3 is 0 Å². The van der Waals surface area contributed by atoms with Crippen molar-refractivity contribution in [3.63, 3.8) is 0 Å². The first-order valence-electron chi connectivity index (χ1n) is 7.86. The van der Waals surface area contributed by atoms with Crippen LogP contribution in [-0.4, -0.2) is 20.0 Å². The highest BCUT2D eigenvalue weighted by Gasteiger charge is 2.34. The van der Waals surface area contributed by atoms with Gasteiger partial charge in [0.15, 0.2) is 0 Å². The Bertz CT molecular complexity index is 822. The van der Waals surface area contributed by atoms with E-state index in [9.17, 15) is 8.42 Å². The van der Waals surface area contributed by atoms with Crippen molar-refractivity contribution in [3.8, 4) is 0 Å². The summed E-state index contributed by atoms with van der Waals surface area (Å²) in [6.07, 6.45) is 2.15. The van der Waals surface area contributed by atoms with E-state index in [1.54, 1.807) is 24.3 Å². The Kier molecular flexibility index (Phi) is 5.08. The summed E-state index contributed by atoms with van der Waals surface area (Å²) >= 11 is 5.87. The topological polar surface area (TPSA) is 68.3 Å². The van der Waals surface area contributed by atoms with Gasteiger partial charge < -0.3 is 4.74 Å². The van der Waals surface area contributed by atoms with Crippen molar-refractivity contribution < 1.29 is 13.2 Å². The van der Waals surface area contributed by atoms with Gasteiger partial charge in [0.25, 0.3) is 10.0 Å². The zero-order chi connectivity index (χ0) is 17.2. The molecule has 5 nitrogen and oxygen atoms in total. The van der Waals surface area contributed by atoms with Crippen LogP contribution in [0.25, 0.3) is 0 Å². The Hall–Kier alpha value is -1.63. The highest BCUT2D eigenvalue weighted by Crippen LogP contribution is 2.42. The molecule has 1 atom stereocenters. The summed E-state index contributed by atoms with van der Waals surface area (Å²) in [6, 6.07) is 11.4. The van der Waals surface area contributed by atoms with Gasteiger partial charge in [-0.15, -0.1) is 0 Å². The minimum absolute atomic E-state index is 0.0781. The zero-order valence-electron chi connectivity index (χ0n) is 13.3. The zero-order valence-corrected chi connectivity index (χ0v) is 14.8. The summed E-state index contributed by atoms with van der Waals surface area (Å²) in [5.74, 6) is 0.745. The molecule has 0 aliphatic heterocycles. The lowest BCUT2D eigenvalue weighted by Crippen LogP contribution is -2.15. The number of nitrogens with zero attached hydrogens (tertiary/aromatic N) is 1. The third kappa shape index (κ3) is 4.06. The lowest BCUT2D eigenvalue weighted by atomic mass is 10.1. The maximum atomic E-state index is 12.5. The van der Waals surface area contributed by atoms with E-state index in [4.69, 9.17) is 16.3 Å². The number of rotatable bonds is 7. The van der Waals surface area contributed by atoms with Crippen molar-refractivity contribution in [1.29, 1.82) is 0 Å². The van der Waals surface area contributed by atoms with Gasteiger partial charge in [0.05, 0.1) is 10.6 Å². The molecule has 1 unspecified atom stereocenters. The first kappa shape index (κ1) is 17.2. The first-order chi connectivity index (χ1) is 11.5. The molecule has 0 radical (unpaired) electrons. The Labute approximate surface area is 147 Å². The molecule has 24 heavy (non-hydrogen) atoms. The van der Waals surface area contributed by atoms with Gasteiger partial charge in [-0.25, -0.2) is 13.4 Å². The number of pyridine rings is 1. The van der Waals surface area contributed by atoms with Gasteiger partial charge in [-0.2, -0.15) is 0 Å². The Morgan fingerprint density at radius 2 is 2.04 bits per heavy atom. The minimum Gasteiger partial charge on any atom is -0.372 e. The number of ether oxygens (including phenoxy) is 1. The SMILES string of the molecule is CCOC(c1cccc(NS(=O)(=O)c2cccc(Cl)c2)n1)C1CC1. The predicted molar refractivity (Wildman–Crippen MR) is 93.6 cm³/mol. The first-order valence-corrected chi connectivity index (χ1v) is 9.72. The Morgan fingerprint density at radius 3 is 2.71 bits per heavy atom. The molecule has 1 N–H and O–H groups in total. The molecule has 128 valence electrons. The van der Waals surface area contributed by atoms with Crippen LogP contribution in [0.15, 0.2) is 47.4 Å². The van der Waals surface area contributed by atoms with Crippen LogP contribution in [0, 0.1) is 5.92 Å². The van der Waals surface area contributed by atoms with E-state index >= 15 is 0 Å². The average molecular weight is 367 g/mol. The van der Waals surface area contributed by atoms with Gasteiger partial charge in [-0.1, -0.05) is 23.7 Å². The van der Waals surface area contributed by atoms with Crippen molar-refractivity contribution in [1.82, 2.24) is 4.98 Å². The molecular formula is C17H19ClN2O3S. The second-order valence-corrected chi connectivity index (χ2v) is 7.84. The number of halogens is 1. The predicted octanol–water partition coefficient (Wildman–Crippen LogP) is 4.02. The largest absolute Gasteiger partial charge is 0.372 e. The third-order valence-corrected chi connectivity index (χ3v) is 5.39. The average Bonchev–Trinajstić information content (AvgIpc) is 3.37. The van der Waals surface area contributed by atoms with Crippen LogP contribution in [0.1, 0.15) is 31.6 Å². The van der Waals surface area contributed by atoms with E-state index in [-0.39, 0.29) is 16.8 Å². The maximum absolute atomic E-state index is 12.5. The fourth-order valence-electron chi connectivity index (χ4n) is 2.54. The molecule has 1 aromatic carbocycles. The molecule has 2 aromatic rings. The normalized spacial score (nSPS) is 15.9. The number of hydrogen-bond acceptors (Lipinski definition) is 4. The summed E-state index contributed by atoms with van der Waals surface area (Å²) in [5.41, 5.74) is 0.755. The number of hydrogen-bond donors (Lipinski definition) is 1. The van der Waals surface area contributed by atoms with E-state index in [0.717, 1.165) is 18.5 Å². The smallest absolute Gasteiger partial charge is 0.263 e. The molecule has 3 rings (SSSR count). The van der Waals surface area contributed by atoms with Crippen molar-refractivity contribution >= 4 is 27.4 Å². The van der Waals surface area contributed by atoms with E-state index in [1.807, 2.05) is 13.0 Å². The lowest BCUT2D eigenvalue weighted by Gasteiger charge is -2.17. The number of sulfonamides is 1. The monoisotopic (exact) mass is 366 g/mol. The molecule has 0 saturated heterocycles. The molecule has 0 amide bonds. The Balaban J connectivity index is 1.84. The van der Waals surface area contributed by atoms with Crippen LogP contribution in [0.5, 0.6) is 0 Å². The summed E-state index contributed by atoms with van der Waals surface area (Å²) in [5, 5.41) is 0.365. The van der Waals surface area contributed by atoms with Crippen LogP contribution in [0.3, 0.4) is 0 Å². The number of aromatic nitrogens is 1. The third-order valence-electron chi connectivity index (χ3n) is 3.80. The maximum Gasteiger partial charge on any atom is 0.263 e. The fraction of sp³-hybridized carbons (Fsp3) is 0.353. The standard InChI is InChI=1S/C17H19ClN2O3S/c1-2-23-17(12-9-10-12)15-7-4-8-16(19-15)20-24(21,22)14-6-3-5-13(18)11-14/h3-8,11-12,17H,2,9-10H2,1H3,(H,19,20). The minimum atomic E-state index is -3.73. The van der Waals surface area contributed by atoms with Crippen LogP contribution >= 0.6 is 11.6 Å². The van der Waals surface area contributed by atoms with Crippen LogP contribution in [-0.2, 0) is 14.8 Å². The van der Waals surface area contributed by atoms with Crippen LogP contribution < -0.4 is 4.72 Å². The van der Waals surface area contributed by atoms with Gasteiger partial charge in [0.2, 0.25) is 0 Å². The second kappa shape index (κ2) is 7.09. The molecule has 1 fully saturated rings. The van der Waals surface area contributed by atoms with Crippen molar-refractivity contribution in [2.24, 2.45) is 5.92 Å². The number of benzene rings is 1. The van der Waals surface area contributed by atoms with Crippen molar-refractivity contribution in [3.05, 3.63) is 53.2 Å². The number of nitrogens with one attached hydrogen (secondary N) is 1. The van der Waals surface area contributed by atoms with Gasteiger partial charge in [-0.05, 0) is 56.0 Å². The summed E-state index contributed by atoms with van der Waals surface area (Å²) < 4.78 is 33.2. The summed E-state index contributed by atoms with van der Waals surface area (Å²) in [6.45, 7) is 2.54. The molecule has 1 aromatic heterocycles. The van der Waals surface area contributed by atoms with Crippen LogP contribution in [0.4, 0.5) is 5.82 Å². The van der Waals surface area contributed by atoms with Crippen LogP contribution in [0.2, 0.25) is 5.02 Å². The van der Waals surface area contributed by atoms with E-state index < -0.39 is 10.0 Å². The van der Waals surface area contributed by atoms with E-state index in [2.05, 4.69) is 9.71 Å². The molecule has 1 aliphatic carbocycles. The second-order valence-electron chi connectivity index (χ2n) is 5.72. The molecule has 1 heterocycles. The highest BCUT2D eigenvalue weighted by molar-refractivity contribution is 7.92. The highest BCUT2D eigenvalue weighted by atomic mass is 35.5. The number of anilines is 1. The molecule has 0 spiro atoms. The Morgan fingerprint density at radius 1 is 1.29 bits per heavy atom. The van der Waals surface area contributed by atoms with Gasteiger partial charge in [0.1, 0.15) is 11.9 Å². The quantitative estimate of drug-likeness (QED) is 0.803. The summed E-state index contributed by atoms with van der Waals surface area (Å²) in [7, 11) is -3.73. The molecule has 0 bridgehead atoms. The molecular weight excluding hydrogens is 348 g/mol. The lowest BCUT2D eigenvalue weighted by molar-refractivity contribution is 0.0434. The molecule has 7 heteroatoms. The van der Waals surface area contributed by atoms with Gasteiger partial charge in [-0.3, -0.25) is 4.72 Å². The molecule has 1 aliphatic rings. The van der Waals surface area contributed by atoms with Gasteiger partial charge in [0, 0.05) is 11.6 Å².